The minimum absolute atomic E-state index is 0.414. The van der Waals surface area contributed by atoms with Gasteiger partial charge in [-0.05, 0) is 19.8 Å². The molecule has 1 aromatic rings. The highest BCUT2D eigenvalue weighted by molar-refractivity contribution is 5.80. The van der Waals surface area contributed by atoms with Crippen LogP contribution in [0.5, 0.6) is 11.5 Å². The highest BCUT2D eigenvalue weighted by Gasteiger charge is 2.21. The van der Waals surface area contributed by atoms with E-state index in [4.69, 9.17) is 14.2 Å². The van der Waals surface area contributed by atoms with E-state index in [0.29, 0.717) is 12.6 Å². The molecule has 0 aliphatic carbocycles. The van der Waals surface area contributed by atoms with Gasteiger partial charge in [0.2, 0.25) is 0 Å². The summed E-state index contributed by atoms with van der Waals surface area (Å²) in [4.78, 5) is 6.66. The van der Waals surface area contributed by atoms with Gasteiger partial charge in [-0.3, -0.25) is 4.99 Å². The van der Waals surface area contributed by atoms with Gasteiger partial charge in [0.1, 0.15) is 11.5 Å². The number of rotatable bonds is 8. The van der Waals surface area contributed by atoms with Gasteiger partial charge in [-0.15, -0.1) is 0 Å². The average Bonchev–Trinajstić information content (AvgIpc) is 2.70. The van der Waals surface area contributed by atoms with Crippen LogP contribution in [0.3, 0.4) is 0 Å². The molecule has 1 aliphatic heterocycles. The molecular weight excluding hydrogens is 332 g/mol. The van der Waals surface area contributed by atoms with Gasteiger partial charge in [0, 0.05) is 63.2 Å². The Hall–Kier alpha value is -2.15. The van der Waals surface area contributed by atoms with E-state index in [9.17, 15) is 0 Å². The molecule has 2 rings (SSSR count). The van der Waals surface area contributed by atoms with Gasteiger partial charge in [0.05, 0.1) is 20.8 Å². The summed E-state index contributed by atoms with van der Waals surface area (Å²) in [5.74, 6) is 2.48. The van der Waals surface area contributed by atoms with Gasteiger partial charge in [-0.25, -0.2) is 0 Å². The molecule has 7 nitrogen and oxygen atoms in total. The van der Waals surface area contributed by atoms with Crippen LogP contribution in [0.1, 0.15) is 19.8 Å². The monoisotopic (exact) mass is 364 g/mol. The maximum Gasteiger partial charge on any atom is 0.191 e. The minimum atomic E-state index is 0.414. The first kappa shape index (κ1) is 20.2. The van der Waals surface area contributed by atoms with Crippen molar-refractivity contribution in [2.45, 2.75) is 25.8 Å². The van der Waals surface area contributed by atoms with E-state index in [0.717, 1.165) is 62.2 Å². The molecule has 146 valence electrons. The van der Waals surface area contributed by atoms with Crippen molar-refractivity contribution in [2.75, 3.05) is 59.0 Å². The van der Waals surface area contributed by atoms with Gasteiger partial charge in [-0.2, -0.15) is 0 Å². The van der Waals surface area contributed by atoms with Crippen LogP contribution in [0.4, 0.5) is 5.69 Å². The lowest BCUT2D eigenvalue weighted by molar-refractivity contribution is 0.152. The second kappa shape index (κ2) is 10.8. The molecule has 0 spiro atoms. The lowest BCUT2D eigenvalue weighted by Crippen LogP contribution is -2.49. The molecule has 0 atom stereocenters. The largest absolute Gasteiger partial charge is 0.497 e. The quantitative estimate of drug-likeness (QED) is 0.417. The van der Waals surface area contributed by atoms with Crippen LogP contribution < -0.4 is 25.0 Å². The fourth-order valence-corrected chi connectivity index (χ4v) is 3.03. The van der Waals surface area contributed by atoms with Gasteiger partial charge in [0.25, 0.3) is 0 Å². The Morgan fingerprint density at radius 1 is 1.15 bits per heavy atom. The summed E-state index contributed by atoms with van der Waals surface area (Å²) in [7, 11) is 5.16. The number of methoxy groups -OCH3 is 2. The molecular formula is C19H32N4O3. The number of benzene rings is 1. The van der Waals surface area contributed by atoms with E-state index in [1.165, 1.54) is 0 Å². The molecule has 0 unspecified atom stereocenters. The molecule has 1 saturated heterocycles. The van der Waals surface area contributed by atoms with Crippen LogP contribution in [0.2, 0.25) is 0 Å². The van der Waals surface area contributed by atoms with E-state index in [2.05, 4.69) is 32.7 Å². The van der Waals surface area contributed by atoms with Crippen molar-refractivity contribution in [3.8, 4) is 11.5 Å². The summed E-state index contributed by atoms with van der Waals surface area (Å²) < 4.78 is 16.1. The number of aliphatic imine (C=N–C) groups is 1. The van der Waals surface area contributed by atoms with Gasteiger partial charge >= 0.3 is 0 Å². The summed E-state index contributed by atoms with van der Waals surface area (Å²) in [6.07, 6.45) is 2.09. The number of nitrogens with zero attached hydrogens (tertiary/aromatic N) is 2. The van der Waals surface area contributed by atoms with E-state index < -0.39 is 0 Å². The summed E-state index contributed by atoms with van der Waals surface area (Å²) in [6, 6.07) is 6.43. The first-order valence-electron chi connectivity index (χ1n) is 9.23. The molecule has 1 heterocycles. The van der Waals surface area contributed by atoms with E-state index in [1.54, 1.807) is 21.3 Å². The van der Waals surface area contributed by atoms with E-state index in [1.807, 2.05) is 13.0 Å². The number of piperidine rings is 1. The second-order valence-corrected chi connectivity index (χ2v) is 6.17. The van der Waals surface area contributed by atoms with Crippen LogP contribution in [0.15, 0.2) is 23.2 Å². The van der Waals surface area contributed by atoms with E-state index >= 15 is 0 Å². The first-order chi connectivity index (χ1) is 12.7. The Morgan fingerprint density at radius 3 is 2.35 bits per heavy atom. The molecule has 0 amide bonds. The maximum absolute atomic E-state index is 5.38. The van der Waals surface area contributed by atoms with Crippen molar-refractivity contribution in [3.63, 3.8) is 0 Å². The Morgan fingerprint density at radius 2 is 1.81 bits per heavy atom. The maximum atomic E-state index is 5.38. The molecule has 1 aromatic carbocycles. The zero-order valence-electron chi connectivity index (χ0n) is 16.4. The van der Waals surface area contributed by atoms with Crippen molar-refractivity contribution in [1.82, 2.24) is 10.6 Å². The van der Waals surface area contributed by atoms with Crippen molar-refractivity contribution in [3.05, 3.63) is 18.2 Å². The van der Waals surface area contributed by atoms with Gasteiger partial charge < -0.3 is 29.7 Å². The first-order valence-corrected chi connectivity index (χ1v) is 9.23. The highest BCUT2D eigenvalue weighted by Crippen LogP contribution is 2.30. The number of hydrogen-bond donors (Lipinski definition) is 2. The second-order valence-electron chi connectivity index (χ2n) is 6.17. The SMILES string of the molecule is CCOCCNC(=NC)NC1CCN(c2cc(OC)cc(OC)c2)CC1. The minimum Gasteiger partial charge on any atom is -0.497 e. The number of nitrogens with one attached hydrogen (secondary N) is 2. The molecule has 2 N–H and O–H groups in total. The van der Waals surface area contributed by atoms with Crippen molar-refractivity contribution < 1.29 is 14.2 Å². The van der Waals surface area contributed by atoms with Crippen LogP contribution in [0.25, 0.3) is 0 Å². The van der Waals surface area contributed by atoms with Crippen LogP contribution in [-0.4, -0.2) is 66.1 Å². The summed E-state index contributed by atoms with van der Waals surface area (Å²) in [5, 5.41) is 6.80. The lowest BCUT2D eigenvalue weighted by Gasteiger charge is -2.34. The van der Waals surface area contributed by atoms with Crippen LogP contribution in [0, 0.1) is 0 Å². The van der Waals surface area contributed by atoms with Crippen LogP contribution in [-0.2, 0) is 4.74 Å². The zero-order chi connectivity index (χ0) is 18.8. The lowest BCUT2D eigenvalue weighted by atomic mass is 10.0. The van der Waals surface area contributed by atoms with Crippen LogP contribution >= 0.6 is 0 Å². The number of anilines is 1. The highest BCUT2D eigenvalue weighted by atomic mass is 16.5. The Bertz CT molecular complexity index is 550. The Balaban J connectivity index is 1.85. The molecule has 1 fully saturated rings. The average molecular weight is 364 g/mol. The molecule has 0 aromatic heterocycles. The zero-order valence-corrected chi connectivity index (χ0v) is 16.4. The Kier molecular flexibility index (Phi) is 8.34. The van der Waals surface area contributed by atoms with Crippen molar-refractivity contribution in [2.24, 2.45) is 4.99 Å². The predicted octanol–water partition coefficient (Wildman–Crippen LogP) is 1.87. The van der Waals surface area contributed by atoms with Gasteiger partial charge in [0.15, 0.2) is 5.96 Å². The number of hydrogen-bond acceptors (Lipinski definition) is 5. The fourth-order valence-electron chi connectivity index (χ4n) is 3.03. The van der Waals surface area contributed by atoms with Crippen molar-refractivity contribution in [1.29, 1.82) is 0 Å². The summed E-state index contributed by atoms with van der Waals surface area (Å²) in [5.41, 5.74) is 1.14. The smallest absolute Gasteiger partial charge is 0.191 e. The number of guanidine groups is 1. The predicted molar refractivity (Wildman–Crippen MR) is 106 cm³/mol. The molecule has 7 heteroatoms. The standard InChI is InChI=1S/C19H32N4O3/c1-5-26-11-8-21-19(20-2)22-15-6-9-23(10-7-15)16-12-17(24-3)14-18(13-16)25-4/h12-15H,5-11H2,1-4H3,(H2,20,21,22). The molecule has 0 bridgehead atoms. The summed E-state index contributed by atoms with van der Waals surface area (Å²) in [6.45, 7) is 6.14. The number of ether oxygens (including phenoxy) is 3. The Labute approximate surface area is 156 Å². The summed E-state index contributed by atoms with van der Waals surface area (Å²) >= 11 is 0. The third-order valence-corrected chi connectivity index (χ3v) is 4.50. The third-order valence-electron chi connectivity index (χ3n) is 4.50. The normalized spacial score (nSPS) is 15.7. The molecule has 26 heavy (non-hydrogen) atoms. The van der Waals surface area contributed by atoms with Gasteiger partial charge in [-0.1, -0.05) is 0 Å². The van der Waals surface area contributed by atoms with E-state index in [-0.39, 0.29) is 0 Å². The topological polar surface area (TPSA) is 67.4 Å². The molecule has 0 radical (unpaired) electrons. The fraction of sp³-hybridized carbons (Fsp3) is 0.632. The molecule has 1 aliphatic rings. The third kappa shape index (κ3) is 5.98. The van der Waals surface area contributed by atoms with Crippen molar-refractivity contribution >= 4 is 11.6 Å². The molecule has 0 saturated carbocycles.